The number of rotatable bonds is 4. The molecule has 0 unspecified atom stereocenters. The number of hydrogen-bond acceptors (Lipinski definition) is 2. The van der Waals surface area contributed by atoms with Gasteiger partial charge in [-0.1, -0.05) is 0 Å². The monoisotopic (exact) mass is 208 g/mol. The van der Waals surface area contributed by atoms with Gasteiger partial charge in [-0.2, -0.15) is 0 Å². The van der Waals surface area contributed by atoms with E-state index in [1.54, 1.807) is 31.3 Å². The molecule has 1 heterocycles. The first-order valence-electron chi connectivity index (χ1n) is 4.87. The second-order valence-corrected chi connectivity index (χ2v) is 3.73. The van der Waals surface area contributed by atoms with Gasteiger partial charge >= 0.3 is 0 Å². The lowest BCUT2D eigenvalue weighted by Gasteiger charge is -2.09. The molecule has 1 aromatic heterocycles. The van der Waals surface area contributed by atoms with Crippen molar-refractivity contribution in [1.29, 1.82) is 0 Å². The van der Waals surface area contributed by atoms with Gasteiger partial charge in [-0.25, -0.2) is 0 Å². The minimum absolute atomic E-state index is 0.0488. The zero-order valence-corrected chi connectivity index (χ0v) is 9.36. The lowest BCUT2D eigenvalue weighted by Crippen LogP contribution is -2.22. The van der Waals surface area contributed by atoms with E-state index in [1.165, 1.54) is 6.92 Å². The number of hydrogen-bond donors (Lipinski definition) is 0. The average molecular weight is 208 g/mol. The van der Waals surface area contributed by atoms with Crippen LogP contribution in [0.3, 0.4) is 0 Å². The summed E-state index contributed by atoms with van der Waals surface area (Å²) in [6, 6.07) is 1.77. The lowest BCUT2D eigenvalue weighted by molar-refractivity contribution is -0.128. The molecule has 82 valence electrons. The summed E-state index contributed by atoms with van der Waals surface area (Å²) in [5, 5.41) is 0. The van der Waals surface area contributed by atoms with Crippen molar-refractivity contribution in [3.05, 3.63) is 24.0 Å². The zero-order chi connectivity index (χ0) is 11.4. The number of ketones is 1. The van der Waals surface area contributed by atoms with Crippen molar-refractivity contribution in [2.45, 2.75) is 19.9 Å². The van der Waals surface area contributed by atoms with E-state index in [4.69, 9.17) is 0 Å². The Morgan fingerprint density at radius 2 is 2.07 bits per heavy atom. The molecule has 0 aliphatic heterocycles. The van der Waals surface area contributed by atoms with E-state index in [0.29, 0.717) is 18.5 Å². The van der Waals surface area contributed by atoms with Gasteiger partial charge in [0.25, 0.3) is 0 Å². The van der Waals surface area contributed by atoms with Gasteiger partial charge in [0.2, 0.25) is 5.91 Å². The maximum absolute atomic E-state index is 11.3. The van der Waals surface area contributed by atoms with Gasteiger partial charge in [-0.15, -0.1) is 0 Å². The van der Waals surface area contributed by atoms with E-state index < -0.39 is 0 Å². The van der Waals surface area contributed by atoms with E-state index in [0.717, 1.165) is 0 Å². The maximum atomic E-state index is 11.3. The maximum Gasteiger partial charge on any atom is 0.223 e. The number of carbonyl (C=O) groups is 2. The zero-order valence-electron chi connectivity index (χ0n) is 9.36. The van der Waals surface area contributed by atoms with Gasteiger partial charge in [0.05, 0.1) is 0 Å². The molecular weight excluding hydrogens is 192 g/mol. The summed E-state index contributed by atoms with van der Waals surface area (Å²) in [6.07, 6.45) is 4.05. The van der Waals surface area contributed by atoms with Crippen molar-refractivity contribution >= 4 is 11.7 Å². The van der Waals surface area contributed by atoms with Crippen molar-refractivity contribution in [2.24, 2.45) is 0 Å². The van der Waals surface area contributed by atoms with Gasteiger partial charge in [0.15, 0.2) is 5.78 Å². The van der Waals surface area contributed by atoms with Crippen molar-refractivity contribution in [2.75, 3.05) is 14.1 Å². The number of aryl methyl sites for hydroxylation is 1. The number of Topliss-reactive ketones (excluding diaryl/α,β-unsaturated/α-hetero) is 1. The molecule has 0 saturated carbocycles. The number of carbonyl (C=O) groups excluding carboxylic acids is 2. The van der Waals surface area contributed by atoms with E-state index in [2.05, 4.69) is 0 Å². The van der Waals surface area contributed by atoms with E-state index in [9.17, 15) is 9.59 Å². The highest BCUT2D eigenvalue weighted by Gasteiger charge is 2.05. The minimum Gasteiger partial charge on any atom is -0.353 e. The van der Waals surface area contributed by atoms with Gasteiger partial charge in [-0.3, -0.25) is 9.59 Å². The molecule has 0 N–H and O–H groups in total. The van der Waals surface area contributed by atoms with Gasteiger partial charge in [0.1, 0.15) is 0 Å². The van der Waals surface area contributed by atoms with Crippen LogP contribution in [0, 0.1) is 0 Å². The van der Waals surface area contributed by atoms with Crippen LogP contribution in [0.5, 0.6) is 0 Å². The molecule has 1 aromatic rings. The summed E-state index contributed by atoms with van der Waals surface area (Å²) in [5.74, 6) is 0.140. The largest absolute Gasteiger partial charge is 0.353 e. The molecule has 4 nitrogen and oxygen atoms in total. The first kappa shape index (κ1) is 11.5. The molecule has 0 fully saturated rings. The Morgan fingerprint density at radius 1 is 1.40 bits per heavy atom. The molecule has 0 aliphatic carbocycles. The molecule has 4 heteroatoms. The second-order valence-electron chi connectivity index (χ2n) is 3.73. The quantitative estimate of drug-likeness (QED) is 0.697. The summed E-state index contributed by atoms with van der Waals surface area (Å²) in [7, 11) is 3.47. The molecule has 0 spiro atoms. The van der Waals surface area contributed by atoms with Gasteiger partial charge < -0.3 is 9.47 Å². The van der Waals surface area contributed by atoms with E-state index >= 15 is 0 Å². The van der Waals surface area contributed by atoms with Crippen molar-refractivity contribution < 1.29 is 9.59 Å². The third-order valence-corrected chi connectivity index (χ3v) is 2.24. The van der Waals surface area contributed by atoms with Gasteiger partial charge in [-0.05, 0) is 13.0 Å². The fourth-order valence-corrected chi connectivity index (χ4v) is 1.24. The summed E-state index contributed by atoms with van der Waals surface area (Å²) in [6.45, 7) is 2.15. The second kappa shape index (κ2) is 4.77. The molecule has 0 radical (unpaired) electrons. The standard InChI is InChI=1S/C11H16N2O2/c1-9(14)10-4-6-13(8-10)7-5-11(15)12(2)3/h4,6,8H,5,7H2,1-3H3. The Labute approximate surface area is 89.5 Å². The fraction of sp³-hybridized carbons (Fsp3) is 0.455. The smallest absolute Gasteiger partial charge is 0.223 e. The molecule has 0 bridgehead atoms. The Balaban J connectivity index is 2.51. The van der Waals surface area contributed by atoms with Crippen molar-refractivity contribution in [3.8, 4) is 0 Å². The Bertz CT molecular complexity index is 366. The Morgan fingerprint density at radius 3 is 2.53 bits per heavy atom. The van der Waals surface area contributed by atoms with Crippen LogP contribution < -0.4 is 0 Å². The van der Waals surface area contributed by atoms with Crippen LogP contribution in [-0.2, 0) is 11.3 Å². The summed E-state index contributed by atoms with van der Waals surface area (Å²) < 4.78 is 1.86. The van der Waals surface area contributed by atoms with Crippen LogP contribution in [-0.4, -0.2) is 35.3 Å². The van der Waals surface area contributed by atoms with E-state index in [1.807, 2.05) is 10.8 Å². The van der Waals surface area contributed by atoms with E-state index in [-0.39, 0.29) is 11.7 Å². The normalized spacial score (nSPS) is 10.1. The van der Waals surface area contributed by atoms with Crippen LogP contribution in [0.15, 0.2) is 18.5 Å². The Kier molecular flexibility index (Phi) is 3.66. The van der Waals surface area contributed by atoms with Crippen LogP contribution in [0.25, 0.3) is 0 Å². The van der Waals surface area contributed by atoms with Crippen LogP contribution >= 0.6 is 0 Å². The SMILES string of the molecule is CC(=O)c1ccn(CCC(=O)N(C)C)c1. The topological polar surface area (TPSA) is 42.3 Å². The number of amides is 1. The molecule has 1 rings (SSSR count). The summed E-state index contributed by atoms with van der Waals surface area (Å²) >= 11 is 0. The number of aromatic nitrogens is 1. The third kappa shape index (κ3) is 3.23. The predicted molar refractivity (Wildman–Crippen MR) is 57.7 cm³/mol. The van der Waals surface area contributed by atoms with Crippen LogP contribution in [0.1, 0.15) is 23.7 Å². The fourth-order valence-electron chi connectivity index (χ4n) is 1.24. The summed E-state index contributed by atoms with van der Waals surface area (Å²) in [5.41, 5.74) is 0.687. The average Bonchev–Trinajstić information content (AvgIpc) is 2.62. The Hall–Kier alpha value is -1.58. The highest BCUT2D eigenvalue weighted by atomic mass is 16.2. The third-order valence-electron chi connectivity index (χ3n) is 2.24. The summed E-state index contributed by atoms with van der Waals surface area (Å²) in [4.78, 5) is 23.9. The molecular formula is C11H16N2O2. The highest BCUT2D eigenvalue weighted by Crippen LogP contribution is 2.03. The van der Waals surface area contributed by atoms with Crippen molar-refractivity contribution in [3.63, 3.8) is 0 Å². The first-order chi connectivity index (χ1) is 7.00. The molecule has 0 atom stereocenters. The lowest BCUT2D eigenvalue weighted by atomic mass is 10.2. The predicted octanol–water partition coefficient (Wildman–Crippen LogP) is 1.17. The highest BCUT2D eigenvalue weighted by molar-refractivity contribution is 5.93. The van der Waals surface area contributed by atoms with Gasteiger partial charge in [0, 0.05) is 45.0 Å². The molecule has 0 saturated heterocycles. The molecule has 15 heavy (non-hydrogen) atoms. The van der Waals surface area contributed by atoms with Crippen LogP contribution in [0.2, 0.25) is 0 Å². The molecule has 0 aromatic carbocycles. The molecule has 1 amide bonds. The number of nitrogens with zero attached hydrogens (tertiary/aromatic N) is 2. The van der Waals surface area contributed by atoms with Crippen molar-refractivity contribution in [1.82, 2.24) is 9.47 Å². The first-order valence-corrected chi connectivity index (χ1v) is 4.87. The molecule has 0 aliphatic rings. The van der Waals surface area contributed by atoms with Crippen LogP contribution in [0.4, 0.5) is 0 Å². The minimum atomic E-state index is 0.0488.